The maximum absolute atomic E-state index is 9.27. The third kappa shape index (κ3) is 5.14. The van der Waals surface area contributed by atoms with Gasteiger partial charge in [0, 0.05) is 17.3 Å². The van der Waals surface area contributed by atoms with Crippen LogP contribution in [-0.2, 0) is 0 Å². The van der Waals surface area contributed by atoms with Crippen LogP contribution in [0, 0.1) is 17.9 Å². The smallest absolute Gasteiger partial charge is 0.269 e. The molecule has 0 aliphatic carbocycles. The lowest BCUT2D eigenvalue weighted by molar-refractivity contribution is 1.26. The first-order valence-electron chi connectivity index (χ1n) is 15.7. The van der Waals surface area contributed by atoms with E-state index in [0.29, 0.717) is 11.5 Å². The lowest BCUT2D eigenvalue weighted by Gasteiger charge is -2.19. The van der Waals surface area contributed by atoms with Gasteiger partial charge in [0.15, 0.2) is 0 Å². The Balaban J connectivity index is 1.40. The summed E-state index contributed by atoms with van der Waals surface area (Å²) < 4.78 is 0. The normalized spacial score (nSPS) is 10.9. The van der Waals surface area contributed by atoms with Gasteiger partial charge in [-0.05, 0) is 102 Å². The van der Waals surface area contributed by atoms with Crippen molar-refractivity contribution < 1.29 is 0 Å². The lowest BCUT2D eigenvalue weighted by atomic mass is 9.84. The van der Waals surface area contributed by atoms with Gasteiger partial charge in [0.1, 0.15) is 18.0 Å². The summed E-state index contributed by atoms with van der Waals surface area (Å²) in [6.45, 7) is 7.29. The number of hydrogen-bond acceptors (Lipinski definition) is 3. The van der Waals surface area contributed by atoms with E-state index in [-0.39, 0.29) is 0 Å². The number of pyridine rings is 2. The van der Waals surface area contributed by atoms with Crippen molar-refractivity contribution in [3.63, 3.8) is 0 Å². The SMILES string of the molecule is [C-]#[N+]c1ccc(-c2cccc(-c3c4ccccc4c(-c4cccc(-c5ccc(C#N)nc5)c4)c4cc(-c5ccccc5)ccc34)c2)cn1. The third-order valence-electron chi connectivity index (χ3n) is 8.84. The predicted octanol–water partition coefficient (Wildman–Crippen LogP) is 11.5. The third-order valence-corrected chi connectivity index (χ3v) is 8.84. The number of benzene rings is 6. The molecule has 6 aromatic carbocycles. The largest absolute Gasteiger partial charge is 0.361 e. The Morgan fingerprint density at radius 3 is 1.54 bits per heavy atom. The van der Waals surface area contributed by atoms with Gasteiger partial charge in [-0.25, -0.2) is 4.98 Å². The molecule has 0 radical (unpaired) electrons. The molecule has 0 aliphatic heterocycles. The summed E-state index contributed by atoms with van der Waals surface area (Å²) in [5.41, 5.74) is 11.3. The van der Waals surface area contributed by atoms with Crippen LogP contribution in [0.25, 0.3) is 82.0 Å². The van der Waals surface area contributed by atoms with Crippen LogP contribution in [0.1, 0.15) is 5.69 Å². The Morgan fingerprint density at radius 2 is 0.958 bits per heavy atom. The van der Waals surface area contributed by atoms with Crippen LogP contribution >= 0.6 is 0 Å². The van der Waals surface area contributed by atoms with Gasteiger partial charge in [-0.3, -0.25) is 0 Å². The lowest BCUT2D eigenvalue weighted by Crippen LogP contribution is -1.93. The zero-order chi connectivity index (χ0) is 32.5. The van der Waals surface area contributed by atoms with Crippen LogP contribution in [0.5, 0.6) is 0 Å². The summed E-state index contributed by atoms with van der Waals surface area (Å²) >= 11 is 0. The minimum Gasteiger partial charge on any atom is -0.361 e. The fraction of sp³-hybridized carbons (Fsp3) is 0. The van der Waals surface area contributed by atoms with Gasteiger partial charge >= 0.3 is 0 Å². The van der Waals surface area contributed by atoms with Crippen LogP contribution in [0.4, 0.5) is 5.82 Å². The molecule has 0 spiro atoms. The summed E-state index contributed by atoms with van der Waals surface area (Å²) in [5.74, 6) is 0.385. The highest BCUT2D eigenvalue weighted by Gasteiger charge is 2.18. The van der Waals surface area contributed by atoms with E-state index in [0.717, 1.165) is 66.1 Å². The van der Waals surface area contributed by atoms with Crippen molar-refractivity contribution in [2.24, 2.45) is 0 Å². The highest BCUT2D eigenvalue weighted by molar-refractivity contribution is 6.22. The molecule has 8 rings (SSSR count). The van der Waals surface area contributed by atoms with E-state index in [1.54, 1.807) is 24.5 Å². The van der Waals surface area contributed by atoms with E-state index in [9.17, 15) is 5.26 Å². The molecule has 0 saturated heterocycles. The maximum atomic E-state index is 9.27. The molecule has 0 aliphatic rings. The minimum absolute atomic E-state index is 0.385. The quantitative estimate of drug-likeness (QED) is 0.144. The molecule has 8 aromatic rings. The Kier molecular flexibility index (Phi) is 7.23. The maximum Gasteiger partial charge on any atom is 0.269 e. The Labute approximate surface area is 278 Å². The molecule has 4 heteroatoms. The number of rotatable bonds is 5. The predicted molar refractivity (Wildman–Crippen MR) is 195 cm³/mol. The highest BCUT2D eigenvalue weighted by atomic mass is 14.8. The van der Waals surface area contributed by atoms with Crippen molar-refractivity contribution in [3.8, 4) is 61.7 Å². The first kappa shape index (κ1) is 28.6. The van der Waals surface area contributed by atoms with E-state index in [2.05, 4.69) is 136 Å². The molecule has 4 nitrogen and oxygen atoms in total. The average Bonchev–Trinajstić information content (AvgIpc) is 3.17. The van der Waals surface area contributed by atoms with Gasteiger partial charge in [0.25, 0.3) is 5.82 Å². The highest BCUT2D eigenvalue weighted by Crippen LogP contribution is 2.45. The van der Waals surface area contributed by atoms with Crippen LogP contribution in [0.2, 0.25) is 0 Å². The number of fused-ring (bicyclic) bond motifs is 2. The molecule has 2 heterocycles. The van der Waals surface area contributed by atoms with E-state index in [1.165, 1.54) is 11.1 Å². The van der Waals surface area contributed by atoms with Gasteiger partial charge in [0.2, 0.25) is 0 Å². The molecule has 0 atom stereocenters. The number of nitrogens with zero attached hydrogens (tertiary/aromatic N) is 4. The molecular formula is C44H26N4. The molecular weight excluding hydrogens is 585 g/mol. The minimum atomic E-state index is 0.385. The molecule has 2 aromatic heterocycles. The topological polar surface area (TPSA) is 53.9 Å². The zero-order valence-corrected chi connectivity index (χ0v) is 25.8. The van der Waals surface area contributed by atoms with Crippen LogP contribution in [0.3, 0.4) is 0 Å². The van der Waals surface area contributed by atoms with Crippen molar-refractivity contribution in [1.82, 2.24) is 9.97 Å². The first-order valence-corrected chi connectivity index (χ1v) is 15.7. The van der Waals surface area contributed by atoms with E-state index in [4.69, 9.17) is 6.57 Å². The second-order valence-electron chi connectivity index (χ2n) is 11.6. The van der Waals surface area contributed by atoms with Crippen molar-refractivity contribution >= 4 is 27.4 Å². The molecule has 0 saturated carbocycles. The summed E-state index contributed by atoms with van der Waals surface area (Å²) in [5, 5.41) is 13.9. The number of hydrogen-bond donors (Lipinski definition) is 0. The van der Waals surface area contributed by atoms with E-state index in [1.807, 2.05) is 18.2 Å². The fourth-order valence-corrected chi connectivity index (χ4v) is 6.57. The Hall–Kier alpha value is -6.88. The van der Waals surface area contributed by atoms with Gasteiger partial charge < -0.3 is 4.85 Å². The van der Waals surface area contributed by atoms with E-state index >= 15 is 0 Å². The standard InChI is InChI=1S/C44H26N4/c1-46-42-22-19-36(28-48-42)31-12-7-13-33(23-31)43-38-15-5-6-16-39(38)44(41-25-32(18-21-40(41)43)29-9-3-2-4-10-29)34-14-8-11-30(24-34)35-17-20-37(26-45)47-27-35/h2-25,27-28H. The van der Waals surface area contributed by atoms with Crippen molar-refractivity contribution in [2.75, 3.05) is 0 Å². The zero-order valence-electron chi connectivity index (χ0n) is 25.8. The second-order valence-corrected chi connectivity index (χ2v) is 11.6. The van der Waals surface area contributed by atoms with Crippen molar-refractivity contribution in [2.45, 2.75) is 0 Å². The van der Waals surface area contributed by atoms with Crippen molar-refractivity contribution in [3.05, 3.63) is 175 Å². The first-order chi connectivity index (χ1) is 23.7. The summed E-state index contributed by atoms with van der Waals surface area (Å²) in [6, 6.07) is 52.7. The molecule has 48 heavy (non-hydrogen) atoms. The Bertz CT molecular complexity index is 2560. The van der Waals surface area contributed by atoms with Gasteiger partial charge in [-0.1, -0.05) is 116 Å². The fourth-order valence-electron chi connectivity index (χ4n) is 6.57. The molecule has 0 bridgehead atoms. The molecule has 0 unspecified atom stereocenters. The second kappa shape index (κ2) is 12.1. The molecule has 0 fully saturated rings. The van der Waals surface area contributed by atoms with Crippen LogP contribution in [0.15, 0.2) is 158 Å². The van der Waals surface area contributed by atoms with Crippen LogP contribution < -0.4 is 0 Å². The molecule has 222 valence electrons. The van der Waals surface area contributed by atoms with Gasteiger partial charge in [0.05, 0.1) is 0 Å². The number of aromatic nitrogens is 2. The van der Waals surface area contributed by atoms with Crippen molar-refractivity contribution in [1.29, 1.82) is 5.26 Å². The summed E-state index contributed by atoms with van der Waals surface area (Å²) in [4.78, 5) is 12.1. The molecule has 0 N–H and O–H groups in total. The summed E-state index contributed by atoms with van der Waals surface area (Å²) in [7, 11) is 0. The summed E-state index contributed by atoms with van der Waals surface area (Å²) in [6.07, 6.45) is 3.54. The monoisotopic (exact) mass is 610 g/mol. The van der Waals surface area contributed by atoms with Gasteiger partial charge in [-0.2, -0.15) is 5.26 Å². The van der Waals surface area contributed by atoms with Gasteiger partial charge in [-0.15, -0.1) is 4.98 Å². The number of nitriles is 1. The Morgan fingerprint density at radius 1 is 0.438 bits per heavy atom. The average molecular weight is 611 g/mol. The van der Waals surface area contributed by atoms with Crippen LogP contribution in [-0.4, -0.2) is 9.97 Å². The molecule has 0 amide bonds. The van der Waals surface area contributed by atoms with E-state index < -0.39 is 0 Å².